The molecule has 0 N–H and O–H groups in total. The van der Waals surface area contributed by atoms with Crippen molar-refractivity contribution in [3.63, 3.8) is 0 Å². The van der Waals surface area contributed by atoms with Crippen LogP contribution in [-0.4, -0.2) is 40.8 Å². The molecule has 1 fully saturated rings. The lowest BCUT2D eigenvalue weighted by atomic mass is 10.1. The number of benzene rings is 2. The Labute approximate surface area is 168 Å². The van der Waals surface area contributed by atoms with Gasteiger partial charge in [0.15, 0.2) is 6.10 Å². The number of likely N-dealkylation sites (tertiary alicyclic amines) is 1. The van der Waals surface area contributed by atoms with Gasteiger partial charge in [-0.2, -0.15) is 0 Å². The number of carbonyl (C=O) groups excluding carboxylic acids is 4. The molecule has 0 aromatic heterocycles. The van der Waals surface area contributed by atoms with Crippen LogP contribution in [0.4, 0.5) is 4.79 Å². The van der Waals surface area contributed by atoms with Crippen molar-refractivity contribution in [2.24, 2.45) is 0 Å². The summed E-state index contributed by atoms with van der Waals surface area (Å²) in [6.45, 7) is 1.44. The Hall–Kier alpha value is -3.48. The minimum atomic E-state index is -1.10. The average molecular weight is 395 g/mol. The van der Waals surface area contributed by atoms with E-state index < -0.39 is 30.1 Å². The van der Waals surface area contributed by atoms with Crippen molar-refractivity contribution < 1.29 is 28.7 Å². The molecule has 1 aliphatic heterocycles. The zero-order chi connectivity index (χ0) is 20.8. The van der Waals surface area contributed by atoms with Gasteiger partial charge in [-0.05, 0) is 18.9 Å². The molecule has 0 bridgehead atoms. The fourth-order valence-corrected chi connectivity index (χ4v) is 3.07. The second-order valence-corrected chi connectivity index (χ2v) is 6.67. The number of rotatable bonds is 6. The molecule has 1 aliphatic rings. The van der Waals surface area contributed by atoms with Gasteiger partial charge in [-0.25, -0.2) is 14.5 Å². The number of ether oxygens (including phenoxy) is 2. The van der Waals surface area contributed by atoms with Crippen LogP contribution in [-0.2, 0) is 25.7 Å². The third-order valence-electron chi connectivity index (χ3n) is 4.61. The second kappa shape index (κ2) is 9.14. The summed E-state index contributed by atoms with van der Waals surface area (Å²) in [5, 5.41) is 0. The minimum Gasteiger partial charge on any atom is -0.453 e. The third kappa shape index (κ3) is 4.87. The maximum Gasteiger partial charge on any atom is 0.417 e. The number of ketones is 1. The molecule has 3 rings (SSSR count). The zero-order valence-electron chi connectivity index (χ0n) is 15.9. The lowest BCUT2D eigenvalue weighted by Gasteiger charge is -2.22. The number of carbonyl (C=O) groups is 4. The fraction of sp³-hybridized carbons (Fsp3) is 0.273. The zero-order valence-corrected chi connectivity index (χ0v) is 15.9. The lowest BCUT2D eigenvalue weighted by molar-refractivity contribution is -0.153. The second-order valence-electron chi connectivity index (χ2n) is 6.67. The molecular formula is C22H21NO6. The topological polar surface area (TPSA) is 90.0 Å². The van der Waals surface area contributed by atoms with E-state index in [1.54, 1.807) is 54.6 Å². The van der Waals surface area contributed by atoms with Gasteiger partial charge in [-0.15, -0.1) is 0 Å². The largest absolute Gasteiger partial charge is 0.453 e. The number of nitrogens with zero attached hydrogens (tertiary/aromatic N) is 1. The van der Waals surface area contributed by atoms with Gasteiger partial charge >= 0.3 is 12.1 Å². The Morgan fingerprint density at radius 2 is 1.66 bits per heavy atom. The van der Waals surface area contributed by atoms with Crippen LogP contribution in [0.5, 0.6) is 0 Å². The SMILES string of the molecule is C[C@H](OC(=O)[C@H]1CCC(=O)N1C(=O)OCc1ccccc1)C(=O)c1ccccc1. The molecule has 2 aromatic carbocycles. The first-order valence-corrected chi connectivity index (χ1v) is 9.30. The molecule has 0 spiro atoms. The predicted molar refractivity (Wildman–Crippen MR) is 103 cm³/mol. The lowest BCUT2D eigenvalue weighted by Crippen LogP contribution is -2.45. The summed E-state index contributed by atoms with van der Waals surface area (Å²) in [6.07, 6.45) is -1.78. The third-order valence-corrected chi connectivity index (χ3v) is 4.61. The quantitative estimate of drug-likeness (QED) is 0.551. The molecule has 2 amide bonds. The number of hydrogen-bond acceptors (Lipinski definition) is 6. The summed E-state index contributed by atoms with van der Waals surface area (Å²) in [5.41, 5.74) is 1.17. The molecule has 0 saturated carbocycles. The van der Waals surface area contributed by atoms with E-state index in [2.05, 4.69) is 0 Å². The minimum absolute atomic E-state index is 0.0197. The van der Waals surface area contributed by atoms with Crippen molar-refractivity contribution in [2.75, 3.05) is 0 Å². The Bertz CT molecular complexity index is 896. The Morgan fingerprint density at radius 3 is 2.31 bits per heavy atom. The van der Waals surface area contributed by atoms with Crippen molar-refractivity contribution in [2.45, 2.75) is 38.5 Å². The van der Waals surface area contributed by atoms with Crippen LogP contribution in [0.25, 0.3) is 0 Å². The summed E-state index contributed by atoms with van der Waals surface area (Å²) >= 11 is 0. The Balaban J connectivity index is 1.62. The first-order chi connectivity index (χ1) is 14.0. The summed E-state index contributed by atoms with van der Waals surface area (Å²) in [5.74, 6) is -1.67. The van der Waals surface area contributed by atoms with E-state index in [1.807, 2.05) is 6.07 Å². The molecule has 0 radical (unpaired) electrons. The van der Waals surface area contributed by atoms with Gasteiger partial charge in [0.2, 0.25) is 11.7 Å². The maximum atomic E-state index is 12.6. The van der Waals surface area contributed by atoms with Crippen LogP contribution >= 0.6 is 0 Å². The summed E-state index contributed by atoms with van der Waals surface area (Å²) < 4.78 is 10.4. The summed E-state index contributed by atoms with van der Waals surface area (Å²) in [6, 6.07) is 16.3. The van der Waals surface area contributed by atoms with Gasteiger partial charge in [0.25, 0.3) is 0 Å². The van der Waals surface area contributed by atoms with Crippen LogP contribution < -0.4 is 0 Å². The molecule has 7 heteroatoms. The highest BCUT2D eigenvalue weighted by Crippen LogP contribution is 2.22. The molecule has 1 saturated heterocycles. The van der Waals surface area contributed by atoms with E-state index >= 15 is 0 Å². The van der Waals surface area contributed by atoms with Crippen LogP contribution in [0, 0.1) is 0 Å². The standard InChI is InChI=1S/C22H21NO6/c1-15(20(25)17-10-6-3-7-11-17)29-21(26)18-12-13-19(24)23(18)22(27)28-14-16-8-4-2-5-9-16/h2-11,15,18H,12-14H2,1H3/t15-,18+/m0/s1. The van der Waals surface area contributed by atoms with Crippen molar-refractivity contribution in [3.05, 3.63) is 71.8 Å². The van der Waals surface area contributed by atoms with E-state index in [0.29, 0.717) is 5.56 Å². The highest BCUT2D eigenvalue weighted by molar-refractivity contribution is 6.02. The van der Waals surface area contributed by atoms with Crippen LogP contribution in [0.2, 0.25) is 0 Å². The van der Waals surface area contributed by atoms with Crippen molar-refractivity contribution in [3.8, 4) is 0 Å². The average Bonchev–Trinajstić information content (AvgIpc) is 3.14. The van der Waals surface area contributed by atoms with Gasteiger partial charge < -0.3 is 9.47 Å². The van der Waals surface area contributed by atoms with E-state index in [0.717, 1.165) is 10.5 Å². The van der Waals surface area contributed by atoms with Gasteiger partial charge in [-0.3, -0.25) is 9.59 Å². The Morgan fingerprint density at radius 1 is 1.03 bits per heavy atom. The Kier molecular flexibility index (Phi) is 6.39. The van der Waals surface area contributed by atoms with Crippen molar-refractivity contribution >= 4 is 23.8 Å². The summed E-state index contributed by atoms with van der Waals surface area (Å²) in [4.78, 5) is 50.2. The molecule has 2 aromatic rings. The molecule has 150 valence electrons. The normalized spacial score (nSPS) is 16.9. The maximum absolute atomic E-state index is 12.6. The molecule has 7 nitrogen and oxygen atoms in total. The van der Waals surface area contributed by atoms with E-state index in [9.17, 15) is 19.2 Å². The van der Waals surface area contributed by atoms with Gasteiger partial charge in [0.1, 0.15) is 12.6 Å². The molecule has 1 heterocycles. The fourth-order valence-electron chi connectivity index (χ4n) is 3.07. The molecule has 2 atom stereocenters. The highest BCUT2D eigenvalue weighted by atomic mass is 16.6. The van der Waals surface area contributed by atoms with Gasteiger partial charge in [0.05, 0.1) is 0 Å². The van der Waals surface area contributed by atoms with Crippen molar-refractivity contribution in [1.29, 1.82) is 0 Å². The molecule has 0 unspecified atom stereocenters. The van der Waals surface area contributed by atoms with Crippen LogP contribution in [0.15, 0.2) is 60.7 Å². The molecule has 0 aliphatic carbocycles. The van der Waals surface area contributed by atoms with E-state index in [1.165, 1.54) is 6.92 Å². The first kappa shape index (κ1) is 20.3. The number of hydrogen-bond donors (Lipinski definition) is 0. The first-order valence-electron chi connectivity index (χ1n) is 9.30. The van der Waals surface area contributed by atoms with E-state index in [4.69, 9.17) is 9.47 Å². The predicted octanol–water partition coefficient (Wildman–Crippen LogP) is 3.13. The number of amides is 2. The number of imide groups is 1. The number of Topliss-reactive ketones (excluding diaryl/α,β-unsaturated/α-hetero) is 1. The smallest absolute Gasteiger partial charge is 0.417 e. The monoisotopic (exact) mass is 395 g/mol. The van der Waals surface area contributed by atoms with Gasteiger partial charge in [-0.1, -0.05) is 60.7 Å². The highest BCUT2D eigenvalue weighted by Gasteiger charge is 2.43. The van der Waals surface area contributed by atoms with Crippen LogP contribution in [0.1, 0.15) is 35.7 Å². The number of esters is 1. The molecular weight excluding hydrogens is 374 g/mol. The van der Waals surface area contributed by atoms with Crippen LogP contribution in [0.3, 0.4) is 0 Å². The van der Waals surface area contributed by atoms with E-state index in [-0.39, 0.29) is 25.2 Å². The van der Waals surface area contributed by atoms with Gasteiger partial charge in [0, 0.05) is 12.0 Å². The molecule has 29 heavy (non-hydrogen) atoms. The summed E-state index contributed by atoms with van der Waals surface area (Å²) in [7, 11) is 0. The van der Waals surface area contributed by atoms with Crippen molar-refractivity contribution in [1.82, 2.24) is 4.90 Å².